The molecule has 2 heterocycles. The van der Waals surface area contributed by atoms with Crippen molar-refractivity contribution in [3.05, 3.63) is 45.7 Å². The minimum absolute atomic E-state index is 0.0947. The first-order valence-electron chi connectivity index (χ1n) is 6.39. The molecule has 0 saturated heterocycles. The van der Waals surface area contributed by atoms with Crippen molar-refractivity contribution in [2.45, 2.75) is 19.1 Å². The van der Waals surface area contributed by atoms with Gasteiger partial charge in [-0.05, 0) is 19.0 Å². The lowest BCUT2D eigenvalue weighted by Crippen LogP contribution is -2.28. The molecule has 1 aliphatic heterocycles. The molecule has 3 nitrogen and oxygen atoms in total. The van der Waals surface area contributed by atoms with Gasteiger partial charge in [0.1, 0.15) is 0 Å². The number of nitrogens with zero attached hydrogens (tertiary/aromatic N) is 2. The molecular weight excluding hydrogens is 347 g/mol. The van der Waals surface area contributed by atoms with Crippen LogP contribution in [0.5, 0.6) is 0 Å². The molecule has 0 radical (unpaired) electrons. The third-order valence-electron chi connectivity index (χ3n) is 3.32. The summed E-state index contributed by atoms with van der Waals surface area (Å²) in [6.07, 6.45) is -4.18. The summed E-state index contributed by atoms with van der Waals surface area (Å²) >= 11 is 3.33. The largest absolute Gasteiger partial charge is 0.433 e. The van der Waals surface area contributed by atoms with Gasteiger partial charge in [0, 0.05) is 22.1 Å². The van der Waals surface area contributed by atoms with Crippen LogP contribution in [0.1, 0.15) is 17.0 Å². The summed E-state index contributed by atoms with van der Waals surface area (Å²) in [5, 5.41) is 3.04. The zero-order valence-corrected chi connectivity index (χ0v) is 12.4. The van der Waals surface area contributed by atoms with E-state index < -0.39 is 11.9 Å². The lowest BCUT2D eigenvalue weighted by molar-refractivity contribution is -0.142. The Labute approximate surface area is 127 Å². The van der Waals surface area contributed by atoms with E-state index in [2.05, 4.69) is 31.2 Å². The molecule has 7 heteroatoms. The van der Waals surface area contributed by atoms with Crippen LogP contribution in [0.2, 0.25) is 0 Å². The van der Waals surface area contributed by atoms with Gasteiger partial charge in [-0.2, -0.15) is 13.2 Å². The number of halogens is 4. The van der Waals surface area contributed by atoms with Crippen molar-refractivity contribution >= 4 is 15.9 Å². The number of rotatable bonds is 1. The van der Waals surface area contributed by atoms with Crippen LogP contribution in [0.25, 0.3) is 11.4 Å². The zero-order chi connectivity index (χ0) is 15.0. The molecule has 1 N–H and O–H groups in total. The lowest BCUT2D eigenvalue weighted by atomic mass is 10.0. The van der Waals surface area contributed by atoms with Crippen LogP contribution in [0.15, 0.2) is 28.7 Å². The number of benzene rings is 1. The summed E-state index contributed by atoms with van der Waals surface area (Å²) in [5.74, 6) is 0.0947. The molecule has 0 unspecified atom stereocenters. The van der Waals surface area contributed by atoms with Crippen LogP contribution in [-0.2, 0) is 19.1 Å². The van der Waals surface area contributed by atoms with E-state index in [1.807, 2.05) is 0 Å². The van der Waals surface area contributed by atoms with Gasteiger partial charge in [0.25, 0.3) is 0 Å². The molecule has 0 spiro atoms. The van der Waals surface area contributed by atoms with E-state index in [0.29, 0.717) is 35.2 Å². The summed E-state index contributed by atoms with van der Waals surface area (Å²) in [6.45, 7) is 0.839. The maximum atomic E-state index is 13.2. The fourth-order valence-electron chi connectivity index (χ4n) is 2.36. The van der Waals surface area contributed by atoms with Crippen LogP contribution in [-0.4, -0.2) is 16.5 Å². The molecule has 1 aromatic carbocycles. The fraction of sp³-hybridized carbons (Fsp3) is 0.286. The third kappa shape index (κ3) is 2.80. The Balaban J connectivity index is 2.22. The summed E-state index contributed by atoms with van der Waals surface area (Å²) in [7, 11) is 0. The van der Waals surface area contributed by atoms with Crippen molar-refractivity contribution in [3.63, 3.8) is 0 Å². The average Bonchev–Trinajstić information content (AvgIpc) is 2.45. The maximum absolute atomic E-state index is 13.2. The fourth-order valence-corrected chi connectivity index (χ4v) is 2.82. The minimum Gasteiger partial charge on any atom is -0.311 e. The summed E-state index contributed by atoms with van der Waals surface area (Å²) in [6, 6.07) is 6.98. The van der Waals surface area contributed by atoms with E-state index in [9.17, 15) is 13.2 Å². The van der Waals surface area contributed by atoms with Crippen LogP contribution in [0.3, 0.4) is 0 Å². The standard InChI is InChI=1S/C14H11BrF3N3/c15-10-4-2-1-3-8(10)13-20-11-7-19-6-5-9(11)12(21-13)14(16,17)18/h1-4,19H,5-7H2. The van der Waals surface area contributed by atoms with Gasteiger partial charge in [-0.1, -0.05) is 34.1 Å². The minimum atomic E-state index is -4.47. The van der Waals surface area contributed by atoms with Gasteiger partial charge in [-0.15, -0.1) is 0 Å². The molecule has 0 aliphatic carbocycles. The van der Waals surface area contributed by atoms with Gasteiger partial charge in [0.15, 0.2) is 11.5 Å². The number of hydrogen-bond acceptors (Lipinski definition) is 3. The van der Waals surface area contributed by atoms with E-state index in [0.717, 1.165) is 0 Å². The molecule has 110 valence electrons. The smallest absolute Gasteiger partial charge is 0.311 e. The van der Waals surface area contributed by atoms with Crippen molar-refractivity contribution in [1.82, 2.24) is 15.3 Å². The number of aromatic nitrogens is 2. The normalized spacial score (nSPS) is 14.9. The van der Waals surface area contributed by atoms with Crippen molar-refractivity contribution in [2.24, 2.45) is 0 Å². The van der Waals surface area contributed by atoms with Gasteiger partial charge in [0.2, 0.25) is 0 Å². The molecular formula is C14H11BrF3N3. The summed E-state index contributed by atoms with van der Waals surface area (Å²) in [5.41, 5.74) is 0.363. The first-order valence-corrected chi connectivity index (χ1v) is 7.18. The molecule has 0 amide bonds. The molecule has 0 bridgehead atoms. The van der Waals surface area contributed by atoms with Crippen molar-refractivity contribution in [2.75, 3.05) is 6.54 Å². The highest BCUT2D eigenvalue weighted by molar-refractivity contribution is 9.10. The first kappa shape index (κ1) is 14.5. The number of hydrogen-bond donors (Lipinski definition) is 1. The second kappa shape index (κ2) is 5.38. The highest BCUT2D eigenvalue weighted by atomic mass is 79.9. The van der Waals surface area contributed by atoms with Crippen LogP contribution >= 0.6 is 15.9 Å². The van der Waals surface area contributed by atoms with Gasteiger partial charge >= 0.3 is 6.18 Å². The molecule has 1 aromatic heterocycles. The van der Waals surface area contributed by atoms with E-state index in [-0.39, 0.29) is 11.4 Å². The second-order valence-corrected chi connectivity index (χ2v) is 5.58. The quantitative estimate of drug-likeness (QED) is 0.847. The average molecular weight is 358 g/mol. The van der Waals surface area contributed by atoms with Crippen LogP contribution < -0.4 is 5.32 Å². The molecule has 3 rings (SSSR count). The van der Waals surface area contributed by atoms with Crippen LogP contribution in [0, 0.1) is 0 Å². The van der Waals surface area contributed by atoms with Crippen molar-refractivity contribution in [1.29, 1.82) is 0 Å². The Morgan fingerprint density at radius 2 is 1.90 bits per heavy atom. The number of nitrogens with one attached hydrogen (secondary N) is 1. The van der Waals surface area contributed by atoms with E-state index in [4.69, 9.17) is 0 Å². The van der Waals surface area contributed by atoms with Crippen molar-refractivity contribution in [3.8, 4) is 11.4 Å². The number of fused-ring (bicyclic) bond motifs is 1. The van der Waals surface area contributed by atoms with Gasteiger partial charge < -0.3 is 5.32 Å². The molecule has 0 saturated carbocycles. The third-order valence-corrected chi connectivity index (χ3v) is 4.01. The Morgan fingerprint density at radius 3 is 2.62 bits per heavy atom. The maximum Gasteiger partial charge on any atom is 0.433 e. The van der Waals surface area contributed by atoms with E-state index in [1.54, 1.807) is 24.3 Å². The SMILES string of the molecule is FC(F)(F)c1nc(-c2ccccc2Br)nc2c1CCNC2. The van der Waals surface area contributed by atoms with Gasteiger partial charge in [-0.25, -0.2) is 9.97 Å². The lowest BCUT2D eigenvalue weighted by Gasteiger charge is -2.21. The zero-order valence-electron chi connectivity index (χ0n) is 10.8. The van der Waals surface area contributed by atoms with Crippen molar-refractivity contribution < 1.29 is 13.2 Å². The highest BCUT2D eigenvalue weighted by Crippen LogP contribution is 2.35. The Kier molecular flexibility index (Phi) is 3.71. The summed E-state index contributed by atoms with van der Waals surface area (Å²) < 4.78 is 40.4. The predicted octanol–water partition coefficient (Wildman–Crippen LogP) is 3.57. The van der Waals surface area contributed by atoms with Gasteiger partial charge in [0.05, 0.1) is 5.69 Å². The Morgan fingerprint density at radius 1 is 1.14 bits per heavy atom. The van der Waals surface area contributed by atoms with Gasteiger partial charge in [-0.3, -0.25) is 0 Å². The molecule has 0 atom stereocenters. The second-order valence-electron chi connectivity index (χ2n) is 4.73. The molecule has 2 aromatic rings. The Hall–Kier alpha value is -1.47. The predicted molar refractivity (Wildman–Crippen MR) is 75.6 cm³/mol. The molecule has 21 heavy (non-hydrogen) atoms. The van der Waals surface area contributed by atoms with Crippen LogP contribution in [0.4, 0.5) is 13.2 Å². The molecule has 1 aliphatic rings. The number of alkyl halides is 3. The Bertz CT molecular complexity index is 686. The summed E-state index contributed by atoms with van der Waals surface area (Å²) in [4.78, 5) is 8.11. The highest BCUT2D eigenvalue weighted by Gasteiger charge is 2.38. The van der Waals surface area contributed by atoms with E-state index in [1.165, 1.54) is 0 Å². The first-order chi connectivity index (χ1) is 9.97. The van der Waals surface area contributed by atoms with E-state index >= 15 is 0 Å². The monoisotopic (exact) mass is 357 g/mol. The topological polar surface area (TPSA) is 37.8 Å². The molecule has 0 fully saturated rings.